The van der Waals surface area contributed by atoms with Crippen molar-refractivity contribution in [1.29, 1.82) is 0 Å². The first kappa shape index (κ1) is 14.8. The van der Waals surface area contributed by atoms with Gasteiger partial charge >= 0.3 is 0 Å². The van der Waals surface area contributed by atoms with Crippen molar-refractivity contribution >= 4 is 32.5 Å². The minimum absolute atomic E-state index is 0.361. The van der Waals surface area contributed by atoms with Gasteiger partial charge in [-0.15, -0.1) is 0 Å². The van der Waals surface area contributed by atoms with Crippen molar-refractivity contribution in [2.24, 2.45) is 0 Å². The number of fused-ring (bicyclic) bond motifs is 1. The van der Waals surface area contributed by atoms with Gasteiger partial charge in [0.25, 0.3) is 0 Å². The van der Waals surface area contributed by atoms with Gasteiger partial charge in [0.2, 0.25) is 0 Å². The van der Waals surface area contributed by atoms with Crippen LogP contribution in [0.2, 0.25) is 0 Å². The van der Waals surface area contributed by atoms with Crippen LogP contribution in [0.4, 0.5) is 5.69 Å². The summed E-state index contributed by atoms with van der Waals surface area (Å²) in [4.78, 5) is 4.53. The van der Waals surface area contributed by atoms with Gasteiger partial charge in [-0.3, -0.25) is 4.98 Å². The summed E-state index contributed by atoms with van der Waals surface area (Å²) in [5, 5.41) is 8.21. The number of hydrogen-bond acceptors (Lipinski definition) is 4. The molecule has 2 aromatic rings. The van der Waals surface area contributed by atoms with Crippen molar-refractivity contribution in [1.82, 2.24) is 10.3 Å². The van der Waals surface area contributed by atoms with E-state index in [4.69, 9.17) is 4.74 Å². The summed E-state index contributed by atoms with van der Waals surface area (Å²) in [5.41, 5.74) is 2.10. The number of morpholine rings is 1. The van der Waals surface area contributed by atoms with Gasteiger partial charge in [0.15, 0.2) is 0 Å². The Kier molecular flexibility index (Phi) is 4.73. The molecule has 0 spiro atoms. The fourth-order valence-corrected chi connectivity index (χ4v) is 3.12. The molecule has 2 heterocycles. The van der Waals surface area contributed by atoms with Gasteiger partial charge in [0, 0.05) is 34.7 Å². The minimum atomic E-state index is 0.361. The molecule has 1 saturated heterocycles. The predicted molar refractivity (Wildman–Crippen MR) is 89.8 cm³/mol. The second kappa shape index (κ2) is 6.73. The number of nitrogens with zero attached hydrogens (tertiary/aromatic N) is 1. The summed E-state index contributed by atoms with van der Waals surface area (Å²) in [6.07, 6.45) is 2.88. The van der Waals surface area contributed by atoms with Crippen LogP contribution in [0, 0.1) is 0 Å². The average molecular weight is 350 g/mol. The molecule has 0 radical (unpaired) electrons. The van der Waals surface area contributed by atoms with Crippen molar-refractivity contribution in [3.63, 3.8) is 0 Å². The first-order valence-corrected chi connectivity index (χ1v) is 8.13. The maximum atomic E-state index is 5.51. The molecule has 2 N–H and O–H groups in total. The molecule has 112 valence electrons. The number of hydrogen-bond donors (Lipinski definition) is 2. The number of aromatic nitrogens is 1. The Bertz CT molecular complexity index is 613. The average Bonchev–Trinajstić information content (AvgIpc) is 2.48. The van der Waals surface area contributed by atoms with Gasteiger partial charge in [-0.1, -0.05) is 12.1 Å². The molecule has 1 aromatic heterocycles. The van der Waals surface area contributed by atoms with E-state index in [1.54, 1.807) is 0 Å². The molecule has 1 fully saturated rings. The highest BCUT2D eigenvalue weighted by atomic mass is 79.9. The van der Waals surface area contributed by atoms with E-state index >= 15 is 0 Å². The molecular formula is C16H20BrN3O. The van der Waals surface area contributed by atoms with Crippen LogP contribution < -0.4 is 10.6 Å². The van der Waals surface area contributed by atoms with E-state index in [0.29, 0.717) is 12.1 Å². The van der Waals surface area contributed by atoms with E-state index in [-0.39, 0.29) is 0 Å². The van der Waals surface area contributed by atoms with Crippen LogP contribution in [0.25, 0.3) is 10.9 Å². The summed E-state index contributed by atoms with van der Waals surface area (Å²) in [7, 11) is 0. The van der Waals surface area contributed by atoms with Gasteiger partial charge in [0.05, 0.1) is 24.4 Å². The lowest BCUT2D eigenvalue weighted by atomic mass is 10.1. The van der Waals surface area contributed by atoms with Gasteiger partial charge in [-0.2, -0.15) is 0 Å². The molecule has 0 aliphatic carbocycles. The topological polar surface area (TPSA) is 46.2 Å². The Morgan fingerprint density at radius 2 is 2.43 bits per heavy atom. The van der Waals surface area contributed by atoms with Crippen molar-refractivity contribution < 1.29 is 4.74 Å². The van der Waals surface area contributed by atoms with Crippen LogP contribution >= 0.6 is 15.9 Å². The Labute approximate surface area is 133 Å². The maximum Gasteiger partial charge on any atom is 0.0934 e. The number of para-hydroxylation sites is 1. The van der Waals surface area contributed by atoms with Gasteiger partial charge in [-0.25, -0.2) is 0 Å². The van der Waals surface area contributed by atoms with Crippen LogP contribution in [0.1, 0.15) is 13.3 Å². The first-order valence-electron chi connectivity index (χ1n) is 7.34. The Balaban J connectivity index is 1.71. The Morgan fingerprint density at radius 1 is 1.52 bits per heavy atom. The molecule has 1 aliphatic rings. The molecule has 2 unspecified atom stereocenters. The molecule has 1 aliphatic heterocycles. The fourth-order valence-electron chi connectivity index (χ4n) is 2.77. The number of halogens is 1. The highest BCUT2D eigenvalue weighted by Crippen LogP contribution is 2.24. The van der Waals surface area contributed by atoms with Crippen molar-refractivity contribution in [3.05, 3.63) is 34.9 Å². The van der Waals surface area contributed by atoms with Crippen LogP contribution in [-0.2, 0) is 4.74 Å². The maximum absolute atomic E-state index is 5.51. The number of nitrogens with one attached hydrogen (secondary N) is 2. The molecule has 0 bridgehead atoms. The minimum Gasteiger partial charge on any atom is -0.381 e. The molecule has 1 aromatic carbocycles. The lowest BCUT2D eigenvalue weighted by Crippen LogP contribution is -2.43. The third-order valence-corrected chi connectivity index (χ3v) is 4.15. The fraction of sp³-hybridized carbons (Fsp3) is 0.438. The van der Waals surface area contributed by atoms with Gasteiger partial charge in [-0.05, 0) is 41.4 Å². The van der Waals surface area contributed by atoms with Crippen molar-refractivity contribution in [2.45, 2.75) is 25.4 Å². The van der Waals surface area contributed by atoms with Gasteiger partial charge < -0.3 is 15.4 Å². The van der Waals surface area contributed by atoms with Crippen LogP contribution in [0.3, 0.4) is 0 Å². The van der Waals surface area contributed by atoms with E-state index in [0.717, 1.165) is 47.2 Å². The molecule has 2 atom stereocenters. The lowest BCUT2D eigenvalue weighted by Gasteiger charge is -2.27. The third kappa shape index (κ3) is 3.73. The van der Waals surface area contributed by atoms with Crippen LogP contribution in [-0.4, -0.2) is 36.8 Å². The molecule has 5 heteroatoms. The smallest absolute Gasteiger partial charge is 0.0934 e. The zero-order valence-corrected chi connectivity index (χ0v) is 13.7. The summed E-state index contributed by atoms with van der Waals surface area (Å²) in [6.45, 7) is 4.77. The summed E-state index contributed by atoms with van der Waals surface area (Å²) in [6, 6.07) is 9.12. The standard InChI is InChI=1S/C16H20BrN3O/c1-11(7-14-10-21-6-5-18-14)20-15-4-2-3-12-8-13(17)9-19-16(12)15/h2-4,8-9,11,14,18,20H,5-7,10H2,1H3. The largest absolute Gasteiger partial charge is 0.381 e. The quantitative estimate of drug-likeness (QED) is 0.889. The van der Waals surface area contributed by atoms with E-state index in [1.807, 2.05) is 6.20 Å². The lowest BCUT2D eigenvalue weighted by molar-refractivity contribution is 0.0731. The number of rotatable bonds is 4. The molecule has 0 saturated carbocycles. The monoisotopic (exact) mass is 349 g/mol. The number of anilines is 1. The van der Waals surface area contributed by atoms with Crippen molar-refractivity contribution in [2.75, 3.05) is 25.1 Å². The normalized spacial score (nSPS) is 20.4. The molecule has 0 amide bonds. The molecule has 3 rings (SSSR count). The highest BCUT2D eigenvalue weighted by molar-refractivity contribution is 9.10. The summed E-state index contributed by atoms with van der Waals surface area (Å²) >= 11 is 3.47. The Morgan fingerprint density at radius 3 is 3.24 bits per heavy atom. The van der Waals surface area contributed by atoms with Gasteiger partial charge in [0.1, 0.15) is 0 Å². The van der Waals surface area contributed by atoms with Crippen LogP contribution in [0.15, 0.2) is 34.9 Å². The van der Waals surface area contributed by atoms with E-state index in [9.17, 15) is 0 Å². The van der Waals surface area contributed by atoms with E-state index in [2.05, 4.69) is 62.7 Å². The number of benzene rings is 1. The Hall–Kier alpha value is -1.17. The molecule has 4 nitrogen and oxygen atoms in total. The first-order chi connectivity index (χ1) is 10.2. The van der Waals surface area contributed by atoms with Crippen LogP contribution in [0.5, 0.6) is 0 Å². The zero-order chi connectivity index (χ0) is 14.7. The zero-order valence-electron chi connectivity index (χ0n) is 12.1. The summed E-state index contributed by atoms with van der Waals surface area (Å²) in [5.74, 6) is 0. The third-order valence-electron chi connectivity index (χ3n) is 3.72. The van der Waals surface area contributed by atoms with Crippen molar-refractivity contribution in [3.8, 4) is 0 Å². The van der Waals surface area contributed by atoms with E-state index in [1.165, 1.54) is 0 Å². The highest BCUT2D eigenvalue weighted by Gasteiger charge is 2.16. The second-order valence-electron chi connectivity index (χ2n) is 5.54. The SMILES string of the molecule is CC(CC1COCCN1)Nc1cccc2cc(Br)cnc12. The number of ether oxygens (including phenoxy) is 1. The molecule has 21 heavy (non-hydrogen) atoms. The second-order valence-corrected chi connectivity index (χ2v) is 6.45. The predicted octanol–water partition coefficient (Wildman–Crippen LogP) is 3.18. The number of pyridine rings is 1. The van der Waals surface area contributed by atoms with E-state index < -0.39 is 0 Å². The molecular weight excluding hydrogens is 330 g/mol. The summed E-state index contributed by atoms with van der Waals surface area (Å²) < 4.78 is 6.51.